The minimum atomic E-state index is -1.04. The number of aryl methyl sites for hydroxylation is 2. The number of carbonyl (C=O) groups excluding carboxylic acids is 1. The first-order valence-corrected chi connectivity index (χ1v) is 11.3. The number of rotatable bonds is 4. The molecule has 0 spiro atoms. The van der Waals surface area contributed by atoms with E-state index in [-0.39, 0.29) is 17.7 Å². The molecule has 33 heavy (non-hydrogen) atoms. The van der Waals surface area contributed by atoms with Crippen LogP contribution in [0.3, 0.4) is 0 Å². The zero-order chi connectivity index (χ0) is 23.3. The molecule has 5 rings (SSSR count). The van der Waals surface area contributed by atoms with Crippen molar-refractivity contribution < 1.29 is 13.6 Å². The molecule has 4 aromatic rings. The number of amides is 1. The van der Waals surface area contributed by atoms with E-state index in [1.165, 1.54) is 28.6 Å². The van der Waals surface area contributed by atoms with E-state index in [1.807, 2.05) is 32.0 Å². The number of benzene rings is 2. The molecule has 0 saturated carbocycles. The molecule has 0 aliphatic carbocycles. The van der Waals surface area contributed by atoms with Crippen molar-refractivity contribution in [3.8, 4) is 5.69 Å². The molecule has 3 heterocycles. The summed E-state index contributed by atoms with van der Waals surface area (Å²) < 4.78 is 29.7. The standard InChI is InChI=1S/C23H19F2N5O2S/c1-12-3-5-15(7-13(12)2)30-21-17(10-26-30)22(32)29-16(11-33-23(29)28-21)9-20(31)27-14-4-6-18(24)19(25)8-14/h3-8,10,16H,9,11H2,1-2H3,(H,27,31). The third kappa shape index (κ3) is 3.80. The average Bonchev–Trinajstić information content (AvgIpc) is 3.38. The van der Waals surface area contributed by atoms with E-state index in [2.05, 4.69) is 15.4 Å². The van der Waals surface area contributed by atoms with Crippen molar-refractivity contribution in [1.29, 1.82) is 0 Å². The van der Waals surface area contributed by atoms with Crippen LogP contribution >= 0.6 is 11.8 Å². The summed E-state index contributed by atoms with van der Waals surface area (Å²) in [5.74, 6) is -1.94. The summed E-state index contributed by atoms with van der Waals surface area (Å²) in [4.78, 5) is 30.4. The Hall–Kier alpha value is -3.53. The molecule has 1 aliphatic heterocycles. The van der Waals surface area contributed by atoms with Crippen LogP contribution in [0.25, 0.3) is 16.7 Å². The van der Waals surface area contributed by atoms with E-state index in [0.29, 0.717) is 21.9 Å². The third-order valence-corrected chi connectivity index (χ3v) is 6.83. The first-order chi connectivity index (χ1) is 15.8. The van der Waals surface area contributed by atoms with Gasteiger partial charge in [-0.15, -0.1) is 0 Å². The minimum absolute atomic E-state index is 0.00260. The lowest BCUT2D eigenvalue weighted by Crippen LogP contribution is -2.27. The van der Waals surface area contributed by atoms with Crippen molar-refractivity contribution in [2.24, 2.45) is 0 Å². The average molecular weight is 468 g/mol. The lowest BCUT2D eigenvalue weighted by atomic mass is 10.1. The van der Waals surface area contributed by atoms with Gasteiger partial charge < -0.3 is 5.32 Å². The number of fused-ring (bicyclic) bond motifs is 2. The largest absolute Gasteiger partial charge is 0.326 e. The molecule has 1 amide bonds. The fourth-order valence-corrected chi connectivity index (χ4v) is 4.96. The van der Waals surface area contributed by atoms with Gasteiger partial charge in [0.2, 0.25) is 5.91 Å². The van der Waals surface area contributed by atoms with Crippen LogP contribution < -0.4 is 10.9 Å². The van der Waals surface area contributed by atoms with Crippen LogP contribution in [0.15, 0.2) is 52.5 Å². The van der Waals surface area contributed by atoms with Crippen LogP contribution in [-0.2, 0) is 4.79 Å². The van der Waals surface area contributed by atoms with Gasteiger partial charge in [-0.1, -0.05) is 17.8 Å². The lowest BCUT2D eigenvalue weighted by molar-refractivity contribution is -0.116. The summed E-state index contributed by atoms with van der Waals surface area (Å²) in [7, 11) is 0. The van der Waals surface area contributed by atoms with Crippen LogP contribution in [0.5, 0.6) is 0 Å². The van der Waals surface area contributed by atoms with Crippen molar-refractivity contribution in [3.05, 3.63) is 75.7 Å². The van der Waals surface area contributed by atoms with Crippen molar-refractivity contribution in [1.82, 2.24) is 19.3 Å². The van der Waals surface area contributed by atoms with Gasteiger partial charge in [-0.3, -0.25) is 14.2 Å². The van der Waals surface area contributed by atoms with E-state index >= 15 is 0 Å². The summed E-state index contributed by atoms with van der Waals surface area (Å²) in [6, 6.07) is 8.66. The Morgan fingerprint density at radius 1 is 1.15 bits per heavy atom. The van der Waals surface area contributed by atoms with Gasteiger partial charge in [0.25, 0.3) is 5.56 Å². The Morgan fingerprint density at radius 2 is 1.97 bits per heavy atom. The molecular weight excluding hydrogens is 448 g/mol. The van der Waals surface area contributed by atoms with Gasteiger partial charge in [0.1, 0.15) is 5.39 Å². The normalized spacial score (nSPS) is 15.1. The van der Waals surface area contributed by atoms with E-state index < -0.39 is 23.6 Å². The molecule has 1 N–H and O–H groups in total. The highest BCUT2D eigenvalue weighted by molar-refractivity contribution is 7.99. The molecule has 0 saturated heterocycles. The van der Waals surface area contributed by atoms with Crippen LogP contribution in [0.2, 0.25) is 0 Å². The summed E-state index contributed by atoms with van der Waals surface area (Å²) in [6.07, 6.45) is 1.49. The van der Waals surface area contributed by atoms with Crippen LogP contribution in [0.4, 0.5) is 14.5 Å². The Morgan fingerprint density at radius 3 is 2.73 bits per heavy atom. The first-order valence-electron chi connectivity index (χ1n) is 10.3. The number of hydrogen-bond acceptors (Lipinski definition) is 5. The zero-order valence-corrected chi connectivity index (χ0v) is 18.6. The lowest BCUT2D eigenvalue weighted by Gasteiger charge is -2.13. The molecule has 0 fully saturated rings. The maximum Gasteiger partial charge on any atom is 0.265 e. The molecule has 1 atom stereocenters. The number of nitrogens with zero attached hydrogens (tertiary/aromatic N) is 4. The Kier molecular flexibility index (Phi) is 5.24. The van der Waals surface area contributed by atoms with Crippen molar-refractivity contribution >= 4 is 34.4 Å². The number of aromatic nitrogens is 4. The van der Waals surface area contributed by atoms with Crippen molar-refractivity contribution in [3.63, 3.8) is 0 Å². The maximum atomic E-state index is 13.4. The highest BCUT2D eigenvalue weighted by Crippen LogP contribution is 2.33. The molecule has 10 heteroatoms. The van der Waals surface area contributed by atoms with Gasteiger partial charge in [0, 0.05) is 23.9 Å². The fraction of sp³-hybridized carbons (Fsp3) is 0.217. The number of halogens is 2. The van der Waals surface area contributed by atoms with Gasteiger partial charge in [0.05, 0.1) is 17.9 Å². The van der Waals surface area contributed by atoms with Crippen LogP contribution in [-0.4, -0.2) is 31.0 Å². The van der Waals surface area contributed by atoms with E-state index in [9.17, 15) is 18.4 Å². The molecule has 1 unspecified atom stereocenters. The maximum absolute atomic E-state index is 13.4. The fourth-order valence-electron chi connectivity index (χ4n) is 3.83. The first kappa shape index (κ1) is 21.3. The molecule has 1 aliphatic rings. The number of anilines is 1. The highest BCUT2D eigenvalue weighted by Gasteiger charge is 2.29. The zero-order valence-electron chi connectivity index (χ0n) is 17.8. The number of nitrogens with one attached hydrogen (secondary N) is 1. The van der Waals surface area contributed by atoms with Gasteiger partial charge >= 0.3 is 0 Å². The van der Waals surface area contributed by atoms with Gasteiger partial charge in [0.15, 0.2) is 22.4 Å². The topological polar surface area (TPSA) is 81.8 Å². The number of thioether (sulfide) groups is 1. The second kappa shape index (κ2) is 8.11. The monoisotopic (exact) mass is 467 g/mol. The Bertz CT molecular complexity index is 1480. The quantitative estimate of drug-likeness (QED) is 0.456. The SMILES string of the molecule is Cc1ccc(-n2ncc3c(=O)n4c(nc32)SCC4CC(=O)Nc2ccc(F)c(F)c2)cc1C. The number of hydrogen-bond donors (Lipinski definition) is 1. The second-order valence-corrected chi connectivity index (χ2v) is 8.96. The molecule has 0 radical (unpaired) electrons. The van der Waals surface area contributed by atoms with E-state index in [1.54, 1.807) is 4.68 Å². The van der Waals surface area contributed by atoms with Crippen molar-refractivity contribution in [2.75, 3.05) is 11.1 Å². The number of carbonyl (C=O) groups is 1. The summed E-state index contributed by atoms with van der Waals surface area (Å²) in [6.45, 7) is 4.04. The minimum Gasteiger partial charge on any atom is -0.326 e. The third-order valence-electron chi connectivity index (χ3n) is 5.73. The molecule has 0 bridgehead atoms. The molecular formula is C23H19F2N5O2S. The van der Waals surface area contributed by atoms with Gasteiger partial charge in [-0.05, 0) is 49.2 Å². The predicted octanol–water partition coefficient (Wildman–Crippen LogP) is 4.15. The summed E-state index contributed by atoms with van der Waals surface area (Å²) in [5, 5.41) is 7.82. The molecule has 7 nitrogen and oxygen atoms in total. The Labute approximate surface area is 191 Å². The van der Waals surface area contributed by atoms with Gasteiger partial charge in [-0.2, -0.15) is 5.10 Å². The van der Waals surface area contributed by atoms with Crippen molar-refractivity contribution in [2.45, 2.75) is 31.5 Å². The smallest absolute Gasteiger partial charge is 0.265 e. The summed E-state index contributed by atoms with van der Waals surface area (Å²) in [5.41, 5.74) is 3.44. The van der Waals surface area contributed by atoms with E-state index in [4.69, 9.17) is 0 Å². The van der Waals surface area contributed by atoms with E-state index in [0.717, 1.165) is 28.9 Å². The van der Waals surface area contributed by atoms with Crippen LogP contribution in [0.1, 0.15) is 23.6 Å². The molecule has 168 valence electrons. The summed E-state index contributed by atoms with van der Waals surface area (Å²) >= 11 is 1.39. The molecule has 2 aromatic carbocycles. The predicted molar refractivity (Wildman–Crippen MR) is 122 cm³/mol. The molecule has 2 aromatic heterocycles. The second-order valence-electron chi connectivity index (χ2n) is 7.98. The van der Waals surface area contributed by atoms with Gasteiger partial charge in [-0.25, -0.2) is 18.4 Å². The van der Waals surface area contributed by atoms with Crippen LogP contribution in [0, 0.1) is 25.5 Å². The highest BCUT2D eigenvalue weighted by atomic mass is 32.2. The Balaban J connectivity index is 1.44.